The van der Waals surface area contributed by atoms with E-state index in [0.29, 0.717) is 10.2 Å². The molecule has 1 amide bonds. The van der Waals surface area contributed by atoms with E-state index < -0.39 is 34.8 Å². The monoisotopic (exact) mass is 486 g/mol. The molecule has 3 aromatic rings. The number of nitrogens with zero attached hydrogens (tertiary/aromatic N) is 1. The molecule has 2 atom stereocenters. The largest absolute Gasteiger partial charge is 0.497 e. The van der Waals surface area contributed by atoms with Crippen LogP contribution in [-0.4, -0.2) is 55.0 Å². The Morgan fingerprint density at radius 3 is 2.09 bits per heavy atom. The highest BCUT2D eigenvalue weighted by Crippen LogP contribution is 2.23. The normalized spacial score (nSPS) is 13.1. The van der Waals surface area contributed by atoms with Gasteiger partial charge in [0.05, 0.1) is 30.7 Å². The maximum atomic E-state index is 13.4. The van der Waals surface area contributed by atoms with Gasteiger partial charge in [-0.1, -0.05) is 48.5 Å². The van der Waals surface area contributed by atoms with E-state index in [1.165, 1.54) is 31.4 Å². The SMILES string of the molecule is COc1ccc(S(=O)(=O)N(C[C@@H](O)[C@H](Cc2ccccc2)NC(=O)O)Oc2ccccc2)cc1. The summed E-state index contributed by atoms with van der Waals surface area (Å²) in [5.74, 6) is 0.709. The minimum Gasteiger partial charge on any atom is -0.497 e. The number of benzene rings is 3. The zero-order chi connectivity index (χ0) is 24.6. The molecule has 9 nitrogen and oxygen atoms in total. The molecule has 0 heterocycles. The Balaban J connectivity index is 1.90. The molecule has 0 saturated carbocycles. The average Bonchev–Trinajstić information content (AvgIpc) is 2.84. The summed E-state index contributed by atoms with van der Waals surface area (Å²) in [4.78, 5) is 16.9. The molecule has 180 valence electrons. The van der Waals surface area contributed by atoms with Crippen LogP contribution in [-0.2, 0) is 16.4 Å². The van der Waals surface area contributed by atoms with Crippen LogP contribution < -0.4 is 14.9 Å². The smallest absolute Gasteiger partial charge is 0.404 e. The highest BCUT2D eigenvalue weighted by Gasteiger charge is 2.33. The Hall–Kier alpha value is -3.60. The van der Waals surface area contributed by atoms with Crippen molar-refractivity contribution in [2.24, 2.45) is 0 Å². The van der Waals surface area contributed by atoms with Crippen LogP contribution in [0.3, 0.4) is 0 Å². The van der Waals surface area contributed by atoms with Crippen LogP contribution >= 0.6 is 0 Å². The van der Waals surface area contributed by atoms with Gasteiger partial charge in [-0.15, -0.1) is 0 Å². The summed E-state index contributed by atoms with van der Waals surface area (Å²) in [5.41, 5.74) is 0.772. The first-order chi connectivity index (χ1) is 16.3. The lowest BCUT2D eigenvalue weighted by atomic mass is 10.0. The molecule has 3 rings (SSSR count). The lowest BCUT2D eigenvalue weighted by molar-refractivity contribution is -0.0138. The molecule has 0 bridgehead atoms. The van der Waals surface area contributed by atoms with Gasteiger partial charge in [-0.25, -0.2) is 13.2 Å². The topological polar surface area (TPSA) is 125 Å². The summed E-state index contributed by atoms with van der Waals surface area (Å²) in [6, 6.07) is 21.9. The second-order valence-corrected chi connectivity index (χ2v) is 9.21. The van der Waals surface area contributed by atoms with Crippen molar-refractivity contribution in [1.29, 1.82) is 0 Å². The van der Waals surface area contributed by atoms with Crippen molar-refractivity contribution in [3.63, 3.8) is 0 Å². The highest BCUT2D eigenvalue weighted by atomic mass is 32.2. The van der Waals surface area contributed by atoms with Crippen molar-refractivity contribution in [2.75, 3.05) is 13.7 Å². The summed E-state index contributed by atoms with van der Waals surface area (Å²) in [6.07, 6.45) is -2.61. The van der Waals surface area contributed by atoms with Gasteiger partial charge in [0.25, 0.3) is 10.0 Å². The van der Waals surface area contributed by atoms with Gasteiger partial charge in [0.15, 0.2) is 0 Å². The van der Waals surface area contributed by atoms with E-state index >= 15 is 0 Å². The molecular weight excluding hydrogens is 460 g/mol. The molecule has 34 heavy (non-hydrogen) atoms. The van der Waals surface area contributed by atoms with Crippen LogP contribution in [0.1, 0.15) is 5.56 Å². The predicted molar refractivity (Wildman–Crippen MR) is 125 cm³/mol. The van der Waals surface area contributed by atoms with Gasteiger partial charge in [-0.3, -0.25) is 0 Å². The van der Waals surface area contributed by atoms with Crippen molar-refractivity contribution in [1.82, 2.24) is 9.79 Å². The molecule has 0 unspecified atom stereocenters. The van der Waals surface area contributed by atoms with Crippen LogP contribution in [0, 0.1) is 0 Å². The molecule has 10 heteroatoms. The van der Waals surface area contributed by atoms with Gasteiger partial charge in [-0.2, -0.15) is 0 Å². The van der Waals surface area contributed by atoms with Gasteiger partial charge in [-0.05, 0) is 52.9 Å². The van der Waals surface area contributed by atoms with Crippen LogP contribution in [0.15, 0.2) is 89.8 Å². The van der Waals surface area contributed by atoms with E-state index in [-0.39, 0.29) is 17.1 Å². The minimum absolute atomic E-state index is 0.0813. The lowest BCUT2D eigenvalue weighted by Crippen LogP contribution is -2.51. The van der Waals surface area contributed by atoms with E-state index in [1.54, 1.807) is 54.6 Å². The van der Waals surface area contributed by atoms with Gasteiger partial charge >= 0.3 is 6.09 Å². The van der Waals surface area contributed by atoms with Crippen molar-refractivity contribution in [3.05, 3.63) is 90.5 Å². The number of carboxylic acid groups (broad SMARTS) is 1. The summed E-state index contributed by atoms with van der Waals surface area (Å²) in [5, 5.41) is 22.5. The summed E-state index contributed by atoms with van der Waals surface area (Å²) in [7, 11) is -2.77. The maximum Gasteiger partial charge on any atom is 0.404 e. The fourth-order valence-corrected chi connectivity index (χ4v) is 4.49. The molecule has 0 aliphatic carbocycles. The van der Waals surface area contributed by atoms with Crippen molar-refractivity contribution in [2.45, 2.75) is 23.5 Å². The van der Waals surface area contributed by atoms with E-state index in [9.17, 15) is 23.4 Å². The fraction of sp³-hybridized carbons (Fsp3) is 0.208. The minimum atomic E-state index is -4.23. The van der Waals surface area contributed by atoms with Crippen molar-refractivity contribution in [3.8, 4) is 11.5 Å². The predicted octanol–water partition coefficient (Wildman–Crippen LogP) is 2.92. The third kappa shape index (κ3) is 6.70. The molecule has 3 aromatic carbocycles. The number of carbonyl (C=O) groups is 1. The molecule has 0 aliphatic heterocycles. The third-order valence-electron chi connectivity index (χ3n) is 4.98. The Morgan fingerprint density at radius 2 is 1.53 bits per heavy atom. The first-order valence-corrected chi connectivity index (χ1v) is 11.8. The number of rotatable bonds is 11. The van der Waals surface area contributed by atoms with E-state index in [0.717, 1.165) is 5.56 Å². The van der Waals surface area contributed by atoms with Crippen LogP contribution in [0.5, 0.6) is 11.5 Å². The number of hydrogen-bond acceptors (Lipinski definition) is 6. The zero-order valence-corrected chi connectivity index (χ0v) is 19.3. The number of hydrogen-bond donors (Lipinski definition) is 3. The summed E-state index contributed by atoms with van der Waals surface area (Å²) in [6.45, 7) is -0.527. The van der Waals surface area contributed by atoms with Gasteiger partial charge in [0.2, 0.25) is 0 Å². The Morgan fingerprint density at radius 1 is 0.941 bits per heavy atom. The van der Waals surface area contributed by atoms with E-state index in [4.69, 9.17) is 9.57 Å². The first-order valence-electron chi connectivity index (χ1n) is 10.4. The Bertz CT molecular complexity index is 1160. The summed E-state index contributed by atoms with van der Waals surface area (Å²) < 4.78 is 32.5. The molecule has 0 aliphatic rings. The number of aliphatic hydroxyl groups excluding tert-OH is 1. The standard InChI is InChI=1S/C24H26N2O7S/c1-32-19-12-14-21(15-13-19)34(30,31)26(33-20-10-6-3-7-11-20)17-23(27)22(25-24(28)29)16-18-8-4-2-5-9-18/h2-15,22-23,25,27H,16-17H2,1H3,(H,28,29)/t22-,23+/m0/s1. The highest BCUT2D eigenvalue weighted by molar-refractivity contribution is 7.89. The molecule has 0 fully saturated rings. The van der Waals surface area contributed by atoms with Crippen molar-refractivity contribution >= 4 is 16.1 Å². The molecule has 0 saturated heterocycles. The lowest BCUT2D eigenvalue weighted by Gasteiger charge is -2.28. The molecule has 0 radical (unpaired) electrons. The van der Waals surface area contributed by atoms with Crippen LogP contribution in [0.25, 0.3) is 0 Å². The molecule has 0 aromatic heterocycles. The van der Waals surface area contributed by atoms with Crippen LogP contribution in [0.2, 0.25) is 0 Å². The van der Waals surface area contributed by atoms with Gasteiger partial charge in [0.1, 0.15) is 11.5 Å². The molecular formula is C24H26N2O7S. The quantitative estimate of drug-likeness (QED) is 0.356. The molecule has 3 N–H and O–H groups in total. The van der Waals surface area contributed by atoms with E-state index in [2.05, 4.69) is 5.32 Å². The Labute approximate surface area is 198 Å². The number of hydroxylamine groups is 1. The fourth-order valence-electron chi connectivity index (χ4n) is 3.24. The number of nitrogens with one attached hydrogen (secondary N) is 1. The van der Waals surface area contributed by atoms with E-state index in [1.807, 2.05) is 6.07 Å². The number of ether oxygens (including phenoxy) is 1. The Kier molecular flexibility index (Phi) is 8.47. The molecule has 0 spiro atoms. The number of para-hydroxylation sites is 1. The number of methoxy groups -OCH3 is 1. The summed E-state index contributed by atoms with van der Waals surface area (Å²) >= 11 is 0. The second kappa shape index (κ2) is 11.5. The van der Waals surface area contributed by atoms with Gasteiger partial charge in [0, 0.05) is 0 Å². The van der Waals surface area contributed by atoms with Crippen molar-refractivity contribution < 1.29 is 33.0 Å². The number of sulfonamides is 1. The third-order valence-corrected chi connectivity index (χ3v) is 6.61. The zero-order valence-electron chi connectivity index (χ0n) is 18.4. The van der Waals surface area contributed by atoms with Crippen LogP contribution in [0.4, 0.5) is 4.79 Å². The second-order valence-electron chi connectivity index (χ2n) is 7.38. The average molecular weight is 487 g/mol. The number of amides is 1. The van der Waals surface area contributed by atoms with Gasteiger partial charge < -0.3 is 25.1 Å². The maximum absolute atomic E-state index is 13.4. The number of aliphatic hydroxyl groups is 1. The first kappa shape index (κ1) is 25.0.